The van der Waals surface area contributed by atoms with Crippen molar-refractivity contribution in [2.45, 2.75) is 26.4 Å². The highest BCUT2D eigenvalue weighted by atomic mass is 79.9. The van der Waals surface area contributed by atoms with E-state index in [9.17, 15) is 0 Å². The highest BCUT2D eigenvalue weighted by Gasteiger charge is 2.07. The Morgan fingerprint density at radius 2 is 2.25 bits per heavy atom. The van der Waals surface area contributed by atoms with Gasteiger partial charge in [-0.2, -0.15) is 0 Å². The summed E-state index contributed by atoms with van der Waals surface area (Å²) in [6, 6.07) is 5.64. The number of nitrogens with one attached hydrogen (secondary N) is 1. The molecule has 0 aliphatic carbocycles. The summed E-state index contributed by atoms with van der Waals surface area (Å²) in [6.07, 6.45) is 1.25. The average molecular weight is 307 g/mol. The van der Waals surface area contributed by atoms with Crippen LogP contribution in [-0.4, -0.2) is 19.2 Å². The Kier molecular flexibility index (Phi) is 6.17. The van der Waals surface area contributed by atoms with E-state index in [0.717, 1.165) is 29.7 Å². The Balaban J connectivity index is 2.46. The minimum atomic E-state index is 0.116. The smallest absolute Gasteiger partial charge is 0.138 e. The predicted molar refractivity (Wildman–Crippen MR) is 72.4 cm³/mol. The molecule has 1 N–H and O–H groups in total. The van der Waals surface area contributed by atoms with Gasteiger partial charge in [-0.25, -0.2) is 0 Å². The first-order valence-electron chi connectivity index (χ1n) is 5.46. The molecule has 0 amide bonds. The van der Waals surface area contributed by atoms with Crippen LogP contribution < -0.4 is 10.1 Å². The molecule has 0 bridgehead atoms. The number of hydrogen-bond acceptors (Lipinski definition) is 2. The number of hydrogen-bond donors (Lipinski definition) is 1. The maximum atomic E-state index is 6.06. The lowest BCUT2D eigenvalue weighted by molar-refractivity contribution is 0.217. The molecule has 4 heteroatoms. The number of ether oxygens (including phenoxy) is 1. The highest BCUT2D eigenvalue weighted by Crippen LogP contribution is 2.28. The molecule has 1 rings (SSSR count). The van der Waals surface area contributed by atoms with Crippen LogP contribution in [0.1, 0.15) is 20.3 Å². The zero-order valence-corrected chi connectivity index (χ0v) is 11.9. The van der Waals surface area contributed by atoms with Gasteiger partial charge < -0.3 is 10.1 Å². The van der Waals surface area contributed by atoms with E-state index in [1.807, 2.05) is 25.1 Å². The van der Waals surface area contributed by atoms with E-state index in [0.29, 0.717) is 5.02 Å². The fraction of sp³-hybridized carbons (Fsp3) is 0.500. The van der Waals surface area contributed by atoms with Crippen molar-refractivity contribution >= 4 is 27.5 Å². The Labute approximate surface area is 110 Å². The fourth-order valence-electron chi connectivity index (χ4n) is 1.31. The van der Waals surface area contributed by atoms with Gasteiger partial charge in [0.15, 0.2) is 0 Å². The third-order valence-electron chi connectivity index (χ3n) is 2.08. The van der Waals surface area contributed by atoms with Crippen molar-refractivity contribution in [1.82, 2.24) is 5.32 Å². The van der Waals surface area contributed by atoms with Crippen molar-refractivity contribution in [1.29, 1.82) is 0 Å². The molecule has 0 saturated carbocycles. The van der Waals surface area contributed by atoms with Crippen LogP contribution >= 0.6 is 27.5 Å². The molecular formula is C12H17BrClNO. The molecule has 0 saturated heterocycles. The fourth-order valence-corrected chi connectivity index (χ4v) is 2.03. The molecule has 0 aliphatic rings. The molecule has 0 radical (unpaired) electrons. The van der Waals surface area contributed by atoms with Gasteiger partial charge in [0.1, 0.15) is 11.9 Å². The molecule has 1 unspecified atom stereocenters. The van der Waals surface area contributed by atoms with Crippen molar-refractivity contribution < 1.29 is 4.74 Å². The van der Waals surface area contributed by atoms with Crippen molar-refractivity contribution in [3.8, 4) is 5.75 Å². The second-order valence-electron chi connectivity index (χ2n) is 3.71. The van der Waals surface area contributed by atoms with E-state index >= 15 is 0 Å². The first-order chi connectivity index (χ1) is 7.63. The van der Waals surface area contributed by atoms with E-state index < -0.39 is 0 Å². The lowest BCUT2D eigenvalue weighted by Gasteiger charge is -2.16. The summed E-state index contributed by atoms with van der Waals surface area (Å²) in [5, 5.41) is 3.94. The molecule has 1 aromatic carbocycles. The molecule has 0 aromatic heterocycles. The van der Waals surface area contributed by atoms with Gasteiger partial charge in [-0.15, -0.1) is 0 Å². The highest BCUT2D eigenvalue weighted by molar-refractivity contribution is 9.10. The summed E-state index contributed by atoms with van der Waals surface area (Å²) in [4.78, 5) is 0. The molecule has 0 spiro atoms. The third kappa shape index (κ3) is 4.73. The maximum absolute atomic E-state index is 6.06. The summed E-state index contributed by atoms with van der Waals surface area (Å²) in [5.41, 5.74) is 0. The van der Waals surface area contributed by atoms with Gasteiger partial charge in [-0.05, 0) is 38.1 Å². The summed E-state index contributed by atoms with van der Waals surface area (Å²) >= 11 is 9.42. The molecule has 0 heterocycles. The third-order valence-corrected chi connectivity index (χ3v) is 2.87. The van der Waals surface area contributed by atoms with E-state index in [2.05, 4.69) is 28.2 Å². The zero-order valence-electron chi connectivity index (χ0n) is 9.59. The van der Waals surface area contributed by atoms with Crippen molar-refractivity contribution in [2.24, 2.45) is 0 Å². The van der Waals surface area contributed by atoms with E-state index in [1.165, 1.54) is 0 Å². The first kappa shape index (κ1) is 13.8. The van der Waals surface area contributed by atoms with Gasteiger partial charge in [-0.1, -0.05) is 34.5 Å². The molecule has 1 aromatic rings. The van der Waals surface area contributed by atoms with Crippen LogP contribution in [0.4, 0.5) is 0 Å². The van der Waals surface area contributed by atoms with Crippen LogP contribution in [0, 0.1) is 0 Å². The Morgan fingerprint density at radius 3 is 2.88 bits per heavy atom. The van der Waals surface area contributed by atoms with Crippen molar-refractivity contribution in [3.05, 3.63) is 27.7 Å². The predicted octanol–water partition coefficient (Wildman–Crippen LogP) is 3.87. The van der Waals surface area contributed by atoms with Crippen LogP contribution in [-0.2, 0) is 0 Å². The van der Waals surface area contributed by atoms with Gasteiger partial charge in [0.05, 0.1) is 5.02 Å². The molecule has 0 fully saturated rings. The van der Waals surface area contributed by atoms with Crippen molar-refractivity contribution in [3.63, 3.8) is 0 Å². The molecule has 90 valence electrons. The molecular weight excluding hydrogens is 289 g/mol. The van der Waals surface area contributed by atoms with Gasteiger partial charge >= 0.3 is 0 Å². The van der Waals surface area contributed by atoms with Gasteiger partial charge in [0.25, 0.3) is 0 Å². The second-order valence-corrected chi connectivity index (χ2v) is 5.03. The van der Waals surface area contributed by atoms with Crippen LogP contribution in [0.15, 0.2) is 22.7 Å². The topological polar surface area (TPSA) is 21.3 Å². The summed E-state index contributed by atoms with van der Waals surface area (Å²) in [6.45, 7) is 6.02. The Morgan fingerprint density at radius 1 is 1.50 bits per heavy atom. The van der Waals surface area contributed by atoms with Gasteiger partial charge in [-0.3, -0.25) is 0 Å². The molecule has 2 nitrogen and oxygen atoms in total. The lowest BCUT2D eigenvalue weighted by Crippen LogP contribution is -2.29. The molecule has 0 aliphatic heterocycles. The largest absolute Gasteiger partial charge is 0.488 e. The number of benzene rings is 1. The maximum Gasteiger partial charge on any atom is 0.138 e. The molecule has 16 heavy (non-hydrogen) atoms. The summed E-state index contributed by atoms with van der Waals surface area (Å²) < 4.78 is 6.69. The SMILES string of the molecule is CCCNCC(C)Oc1ccc(Br)cc1Cl. The van der Waals surface area contributed by atoms with Crippen LogP contribution in [0.5, 0.6) is 5.75 Å². The quantitative estimate of drug-likeness (QED) is 0.806. The number of rotatable bonds is 6. The second kappa shape index (κ2) is 7.15. The van der Waals surface area contributed by atoms with E-state index in [1.54, 1.807) is 0 Å². The summed E-state index contributed by atoms with van der Waals surface area (Å²) in [5.74, 6) is 0.732. The molecule has 1 atom stereocenters. The minimum absolute atomic E-state index is 0.116. The standard InChI is InChI=1S/C12H17BrClNO/c1-3-6-15-8-9(2)16-12-5-4-10(13)7-11(12)14/h4-5,7,9,15H,3,6,8H2,1-2H3. The minimum Gasteiger partial charge on any atom is -0.488 e. The van der Waals surface area contributed by atoms with Crippen molar-refractivity contribution in [2.75, 3.05) is 13.1 Å². The lowest BCUT2D eigenvalue weighted by atomic mass is 10.3. The van der Waals surface area contributed by atoms with Crippen LogP contribution in [0.25, 0.3) is 0 Å². The zero-order chi connectivity index (χ0) is 12.0. The van der Waals surface area contributed by atoms with Crippen LogP contribution in [0.2, 0.25) is 5.02 Å². The van der Waals surface area contributed by atoms with Crippen LogP contribution in [0.3, 0.4) is 0 Å². The Bertz CT molecular complexity index is 333. The van der Waals surface area contributed by atoms with E-state index in [-0.39, 0.29) is 6.10 Å². The van der Waals surface area contributed by atoms with Gasteiger partial charge in [0, 0.05) is 11.0 Å². The Hall–Kier alpha value is -0.250. The first-order valence-corrected chi connectivity index (χ1v) is 6.63. The summed E-state index contributed by atoms with van der Waals surface area (Å²) in [7, 11) is 0. The monoisotopic (exact) mass is 305 g/mol. The number of halogens is 2. The average Bonchev–Trinajstić information content (AvgIpc) is 2.23. The normalized spacial score (nSPS) is 12.5. The van der Waals surface area contributed by atoms with Gasteiger partial charge in [0.2, 0.25) is 0 Å². The van der Waals surface area contributed by atoms with E-state index in [4.69, 9.17) is 16.3 Å².